The molecule has 94 valence electrons. The van der Waals surface area contributed by atoms with E-state index in [1.54, 1.807) is 0 Å². The Bertz CT molecular complexity index is 335. The number of nitrogens with one attached hydrogen (secondary N) is 1. The molecule has 0 spiro atoms. The van der Waals surface area contributed by atoms with Gasteiger partial charge in [0.05, 0.1) is 6.33 Å². The van der Waals surface area contributed by atoms with Crippen molar-refractivity contribution < 1.29 is 0 Å². The lowest BCUT2D eigenvalue weighted by Crippen LogP contribution is -2.36. The van der Waals surface area contributed by atoms with Gasteiger partial charge >= 0.3 is 0 Å². The molecular formula is C13H22N4. The maximum Gasteiger partial charge on any atom is 0.0945 e. The molecule has 2 fully saturated rings. The minimum atomic E-state index is 0.760. The first-order valence-electron chi connectivity index (χ1n) is 6.84. The average molecular weight is 234 g/mol. The van der Waals surface area contributed by atoms with Crippen LogP contribution in [0.3, 0.4) is 0 Å². The van der Waals surface area contributed by atoms with Gasteiger partial charge in [0.2, 0.25) is 0 Å². The number of aromatic nitrogens is 2. The lowest BCUT2D eigenvalue weighted by molar-refractivity contribution is 0.251. The maximum atomic E-state index is 4.07. The van der Waals surface area contributed by atoms with Gasteiger partial charge in [0.1, 0.15) is 0 Å². The van der Waals surface area contributed by atoms with Crippen LogP contribution in [-0.2, 0) is 6.54 Å². The number of rotatable bonds is 4. The van der Waals surface area contributed by atoms with Crippen LogP contribution in [0.25, 0.3) is 0 Å². The third kappa shape index (κ3) is 2.87. The lowest BCUT2D eigenvalue weighted by atomic mass is 10.1. The van der Waals surface area contributed by atoms with E-state index in [1.807, 2.05) is 18.7 Å². The largest absolute Gasteiger partial charge is 0.337 e. The summed E-state index contributed by atoms with van der Waals surface area (Å²) in [6.45, 7) is 4.85. The molecule has 17 heavy (non-hydrogen) atoms. The van der Waals surface area contributed by atoms with Gasteiger partial charge in [-0.15, -0.1) is 0 Å². The standard InChI is InChI=1S/C13H22N4/c1(7-17-9-5-14-11-17)6-16-8-4-12-2-3-13(10-16)15-12/h5,9,11-13,15H,1-4,6-8,10H2. The molecule has 2 bridgehead atoms. The predicted molar refractivity (Wildman–Crippen MR) is 67.8 cm³/mol. The summed E-state index contributed by atoms with van der Waals surface area (Å²) >= 11 is 0. The number of aryl methyl sites for hydroxylation is 1. The predicted octanol–water partition coefficient (Wildman–Crippen LogP) is 1.10. The molecule has 4 heteroatoms. The van der Waals surface area contributed by atoms with E-state index in [0.717, 1.165) is 18.6 Å². The monoisotopic (exact) mass is 234 g/mol. The van der Waals surface area contributed by atoms with Crippen LogP contribution >= 0.6 is 0 Å². The van der Waals surface area contributed by atoms with Gasteiger partial charge in [-0.05, 0) is 38.8 Å². The van der Waals surface area contributed by atoms with E-state index in [-0.39, 0.29) is 0 Å². The molecule has 1 aromatic heterocycles. The molecule has 0 saturated carbocycles. The van der Waals surface area contributed by atoms with E-state index in [1.165, 1.54) is 45.3 Å². The molecule has 0 amide bonds. The van der Waals surface area contributed by atoms with Gasteiger partial charge in [0.25, 0.3) is 0 Å². The quantitative estimate of drug-likeness (QED) is 0.847. The normalized spacial score (nSPS) is 29.4. The van der Waals surface area contributed by atoms with Crippen LogP contribution < -0.4 is 5.32 Å². The van der Waals surface area contributed by atoms with Crippen LogP contribution in [0.15, 0.2) is 18.7 Å². The summed E-state index contributed by atoms with van der Waals surface area (Å²) in [4.78, 5) is 6.71. The molecule has 2 saturated heterocycles. The third-order valence-electron chi connectivity index (χ3n) is 4.06. The van der Waals surface area contributed by atoms with Gasteiger partial charge in [0, 0.05) is 37.6 Å². The minimum Gasteiger partial charge on any atom is -0.337 e. The van der Waals surface area contributed by atoms with E-state index in [9.17, 15) is 0 Å². The van der Waals surface area contributed by atoms with Crippen molar-refractivity contribution in [3.8, 4) is 0 Å². The van der Waals surface area contributed by atoms with Crippen LogP contribution in [0.4, 0.5) is 0 Å². The molecule has 3 rings (SSSR count). The molecule has 1 aromatic rings. The molecule has 2 aliphatic heterocycles. The second-order valence-electron chi connectivity index (χ2n) is 5.38. The second-order valence-corrected chi connectivity index (χ2v) is 5.38. The molecule has 0 aliphatic carbocycles. The fourth-order valence-electron chi connectivity index (χ4n) is 3.11. The minimum absolute atomic E-state index is 0.760. The van der Waals surface area contributed by atoms with Gasteiger partial charge in [-0.2, -0.15) is 0 Å². The summed E-state index contributed by atoms with van der Waals surface area (Å²) in [5.41, 5.74) is 0. The number of likely N-dealkylation sites (tertiary alicyclic amines) is 1. The van der Waals surface area contributed by atoms with Crippen LogP contribution in [0.5, 0.6) is 0 Å². The topological polar surface area (TPSA) is 33.1 Å². The van der Waals surface area contributed by atoms with Crippen molar-refractivity contribution in [1.29, 1.82) is 0 Å². The van der Waals surface area contributed by atoms with E-state index in [4.69, 9.17) is 0 Å². The summed E-state index contributed by atoms with van der Waals surface area (Å²) in [5, 5.41) is 3.73. The number of fused-ring (bicyclic) bond motifs is 2. The van der Waals surface area contributed by atoms with E-state index >= 15 is 0 Å². The molecule has 2 unspecified atom stereocenters. The molecule has 4 nitrogen and oxygen atoms in total. The highest BCUT2D eigenvalue weighted by Gasteiger charge is 2.28. The van der Waals surface area contributed by atoms with E-state index in [0.29, 0.717) is 0 Å². The van der Waals surface area contributed by atoms with Crippen LogP contribution in [0.1, 0.15) is 25.7 Å². The Kier molecular flexibility index (Phi) is 3.43. The Labute approximate surface area is 103 Å². The molecular weight excluding hydrogens is 212 g/mol. The first kappa shape index (κ1) is 11.2. The third-order valence-corrected chi connectivity index (χ3v) is 4.06. The van der Waals surface area contributed by atoms with Crippen molar-refractivity contribution in [3.63, 3.8) is 0 Å². The van der Waals surface area contributed by atoms with Crippen molar-refractivity contribution in [3.05, 3.63) is 18.7 Å². The Balaban J connectivity index is 1.43. The molecule has 2 atom stereocenters. The highest BCUT2D eigenvalue weighted by Crippen LogP contribution is 2.20. The van der Waals surface area contributed by atoms with Crippen molar-refractivity contribution in [2.24, 2.45) is 0 Å². The zero-order valence-corrected chi connectivity index (χ0v) is 10.4. The fourth-order valence-corrected chi connectivity index (χ4v) is 3.11. The molecule has 1 N–H and O–H groups in total. The van der Waals surface area contributed by atoms with Gasteiger partial charge in [-0.1, -0.05) is 0 Å². The van der Waals surface area contributed by atoms with Gasteiger partial charge in [0.15, 0.2) is 0 Å². The first-order valence-corrected chi connectivity index (χ1v) is 6.84. The Morgan fingerprint density at radius 3 is 3.00 bits per heavy atom. The molecule has 2 aliphatic rings. The summed E-state index contributed by atoms with van der Waals surface area (Å²) in [6.07, 6.45) is 11.2. The van der Waals surface area contributed by atoms with Crippen molar-refractivity contribution in [1.82, 2.24) is 19.8 Å². The smallest absolute Gasteiger partial charge is 0.0945 e. The van der Waals surface area contributed by atoms with Crippen LogP contribution in [0.2, 0.25) is 0 Å². The number of nitrogens with zero attached hydrogens (tertiary/aromatic N) is 3. The number of imidazole rings is 1. The van der Waals surface area contributed by atoms with Crippen molar-refractivity contribution in [2.45, 2.75) is 44.3 Å². The van der Waals surface area contributed by atoms with Crippen LogP contribution in [0, 0.1) is 0 Å². The number of hydrogen-bond acceptors (Lipinski definition) is 3. The highest BCUT2D eigenvalue weighted by molar-refractivity contribution is 4.89. The summed E-state index contributed by atoms with van der Waals surface area (Å²) in [6, 6.07) is 1.56. The highest BCUT2D eigenvalue weighted by atomic mass is 15.2. The molecule has 0 radical (unpaired) electrons. The van der Waals surface area contributed by atoms with Gasteiger partial charge in [-0.3, -0.25) is 0 Å². The van der Waals surface area contributed by atoms with Crippen molar-refractivity contribution >= 4 is 0 Å². The van der Waals surface area contributed by atoms with E-state index < -0.39 is 0 Å². The average Bonchev–Trinajstić information content (AvgIpc) is 2.91. The Morgan fingerprint density at radius 2 is 2.12 bits per heavy atom. The van der Waals surface area contributed by atoms with Gasteiger partial charge in [-0.25, -0.2) is 4.98 Å². The number of hydrogen-bond donors (Lipinski definition) is 1. The Morgan fingerprint density at radius 1 is 1.18 bits per heavy atom. The maximum absolute atomic E-state index is 4.07. The zero-order chi connectivity index (χ0) is 11.5. The van der Waals surface area contributed by atoms with Crippen LogP contribution in [-0.4, -0.2) is 46.2 Å². The van der Waals surface area contributed by atoms with E-state index in [2.05, 4.69) is 19.8 Å². The van der Waals surface area contributed by atoms with Crippen molar-refractivity contribution in [2.75, 3.05) is 19.6 Å². The SMILES string of the molecule is c1cn(CCCN2CCC3CCC(C2)N3)cn1. The first-order chi connectivity index (χ1) is 8.40. The summed E-state index contributed by atoms with van der Waals surface area (Å²) in [7, 11) is 0. The summed E-state index contributed by atoms with van der Waals surface area (Å²) in [5.74, 6) is 0. The molecule has 0 aromatic carbocycles. The Hall–Kier alpha value is -0.870. The lowest BCUT2D eigenvalue weighted by Gasteiger charge is -2.23. The fraction of sp³-hybridized carbons (Fsp3) is 0.769. The molecule has 3 heterocycles. The summed E-state index contributed by atoms with van der Waals surface area (Å²) < 4.78 is 2.17. The second kappa shape index (κ2) is 5.19. The zero-order valence-electron chi connectivity index (χ0n) is 10.4. The van der Waals surface area contributed by atoms with Gasteiger partial charge < -0.3 is 14.8 Å².